The second-order valence-electron chi connectivity index (χ2n) is 5.01. The molecular weight excluding hydrogens is 268 g/mol. The zero-order valence-electron chi connectivity index (χ0n) is 10.4. The maximum Gasteiger partial charge on any atom is 0.125 e. The lowest BCUT2D eigenvalue weighted by Crippen LogP contribution is -2.18. The maximum absolute atomic E-state index is 10.2. The third-order valence-corrected chi connectivity index (χ3v) is 3.58. The van der Waals surface area contributed by atoms with E-state index in [4.69, 9.17) is 0 Å². The summed E-state index contributed by atoms with van der Waals surface area (Å²) in [6, 6.07) is 1.92. The van der Waals surface area contributed by atoms with Crippen LogP contribution in [0.4, 0.5) is 0 Å². The normalized spacial score (nSPS) is 12.2. The molecule has 0 amide bonds. The summed E-state index contributed by atoms with van der Waals surface area (Å²) in [5.41, 5.74) is 1.30. The van der Waals surface area contributed by atoms with Crippen LogP contribution in [0.5, 0.6) is 5.75 Å². The molecule has 0 aliphatic heterocycles. The summed E-state index contributed by atoms with van der Waals surface area (Å²) in [6.45, 7) is 9.30. The third kappa shape index (κ3) is 2.41. The summed E-state index contributed by atoms with van der Waals surface area (Å²) >= 11 is 3.47. The average Bonchev–Trinajstić information content (AvgIpc) is 2.08. The molecule has 0 saturated heterocycles. The lowest BCUT2D eigenvalue weighted by Gasteiger charge is -2.25. The molecule has 0 unspecified atom stereocenters. The largest absolute Gasteiger partial charge is 0.507 e. The van der Waals surface area contributed by atoms with Gasteiger partial charge in [-0.3, -0.25) is 0 Å². The highest BCUT2D eigenvalue weighted by Crippen LogP contribution is 2.40. The van der Waals surface area contributed by atoms with Crippen molar-refractivity contribution in [3.63, 3.8) is 0 Å². The Morgan fingerprint density at radius 1 is 1.31 bits per heavy atom. The lowest BCUT2D eigenvalue weighted by atomic mass is 9.88. The Morgan fingerprint density at radius 3 is 2.19 bits per heavy atom. The summed E-state index contributed by atoms with van der Waals surface area (Å²) in [5.74, 6) is 0.432. The Kier molecular flexibility index (Phi) is 3.70. The highest BCUT2D eigenvalue weighted by molar-refractivity contribution is 9.10. The van der Waals surface area contributed by atoms with E-state index in [1.54, 1.807) is 13.8 Å². The summed E-state index contributed by atoms with van der Waals surface area (Å²) in [6.07, 6.45) is 0. The van der Waals surface area contributed by atoms with Gasteiger partial charge in [0.05, 0.1) is 5.60 Å². The number of phenolic OH excluding ortho intramolecular Hbond substituents is 1. The van der Waals surface area contributed by atoms with E-state index >= 15 is 0 Å². The predicted molar refractivity (Wildman–Crippen MR) is 69.9 cm³/mol. The second-order valence-corrected chi connectivity index (χ2v) is 5.86. The fourth-order valence-corrected chi connectivity index (χ4v) is 2.39. The van der Waals surface area contributed by atoms with Gasteiger partial charge in [-0.1, -0.05) is 29.8 Å². The van der Waals surface area contributed by atoms with E-state index in [9.17, 15) is 10.2 Å². The van der Waals surface area contributed by atoms with E-state index in [1.165, 1.54) is 0 Å². The van der Waals surface area contributed by atoms with E-state index < -0.39 is 5.60 Å². The molecule has 0 atom stereocenters. The van der Waals surface area contributed by atoms with Crippen molar-refractivity contribution in [2.75, 3.05) is 0 Å². The molecule has 0 radical (unpaired) electrons. The molecule has 3 heteroatoms. The number of hydrogen-bond donors (Lipinski definition) is 2. The highest BCUT2D eigenvalue weighted by Gasteiger charge is 2.26. The van der Waals surface area contributed by atoms with Crippen LogP contribution in [0.15, 0.2) is 10.5 Å². The zero-order chi connectivity index (χ0) is 12.7. The van der Waals surface area contributed by atoms with Crippen molar-refractivity contribution in [2.24, 2.45) is 0 Å². The zero-order valence-corrected chi connectivity index (χ0v) is 12.0. The molecule has 16 heavy (non-hydrogen) atoms. The van der Waals surface area contributed by atoms with Crippen LogP contribution in [0.25, 0.3) is 0 Å². The first kappa shape index (κ1) is 13.5. The van der Waals surface area contributed by atoms with Crippen LogP contribution in [0.3, 0.4) is 0 Å². The minimum atomic E-state index is -1.04. The number of rotatable bonds is 2. The summed E-state index contributed by atoms with van der Waals surface area (Å²) < 4.78 is 0.922. The van der Waals surface area contributed by atoms with Crippen LogP contribution in [-0.4, -0.2) is 10.2 Å². The topological polar surface area (TPSA) is 40.5 Å². The molecule has 0 spiro atoms. The first-order chi connectivity index (χ1) is 7.16. The fraction of sp³-hybridized carbons (Fsp3) is 0.538. The maximum atomic E-state index is 10.2. The number of benzene rings is 1. The number of aliphatic hydroxyl groups is 1. The predicted octanol–water partition coefficient (Wildman–Crippen LogP) is 3.81. The van der Waals surface area contributed by atoms with E-state index in [0.29, 0.717) is 5.56 Å². The van der Waals surface area contributed by atoms with E-state index in [1.807, 2.05) is 26.8 Å². The number of halogens is 1. The van der Waals surface area contributed by atoms with Crippen molar-refractivity contribution in [2.45, 2.75) is 46.1 Å². The molecule has 0 aliphatic rings. The molecule has 0 aliphatic carbocycles. The lowest BCUT2D eigenvalue weighted by molar-refractivity contribution is 0.0748. The summed E-state index contributed by atoms with van der Waals surface area (Å²) in [7, 11) is 0. The molecule has 0 saturated carbocycles. The molecular formula is C13H19BrO2. The Morgan fingerprint density at radius 2 is 1.81 bits per heavy atom. The Bertz CT molecular complexity index is 403. The standard InChI is InChI=1S/C13H19BrO2/c1-7(2)9-6-10(14)8(3)11(12(9)15)13(4,5)16/h6-7,15-16H,1-5H3. The molecule has 1 aromatic rings. The fourth-order valence-electron chi connectivity index (χ4n) is 1.94. The van der Waals surface area contributed by atoms with Gasteiger partial charge in [-0.05, 0) is 43.9 Å². The molecule has 2 nitrogen and oxygen atoms in total. The van der Waals surface area contributed by atoms with Crippen molar-refractivity contribution >= 4 is 15.9 Å². The Balaban J connectivity index is 3.59. The first-order valence-electron chi connectivity index (χ1n) is 5.41. The van der Waals surface area contributed by atoms with Gasteiger partial charge in [0.2, 0.25) is 0 Å². The number of hydrogen-bond acceptors (Lipinski definition) is 2. The van der Waals surface area contributed by atoms with Crippen molar-refractivity contribution in [3.8, 4) is 5.75 Å². The number of aromatic hydroxyl groups is 1. The molecule has 90 valence electrons. The van der Waals surface area contributed by atoms with Crippen molar-refractivity contribution in [1.29, 1.82) is 0 Å². The van der Waals surface area contributed by atoms with Crippen molar-refractivity contribution in [1.82, 2.24) is 0 Å². The van der Waals surface area contributed by atoms with Gasteiger partial charge in [-0.15, -0.1) is 0 Å². The minimum absolute atomic E-state index is 0.211. The van der Waals surface area contributed by atoms with Crippen LogP contribution in [0.1, 0.15) is 50.3 Å². The third-order valence-electron chi connectivity index (χ3n) is 2.76. The second kappa shape index (κ2) is 4.38. The quantitative estimate of drug-likeness (QED) is 0.868. The highest BCUT2D eigenvalue weighted by atomic mass is 79.9. The van der Waals surface area contributed by atoms with Gasteiger partial charge in [-0.25, -0.2) is 0 Å². The van der Waals surface area contributed by atoms with Gasteiger partial charge in [0, 0.05) is 10.0 Å². The van der Waals surface area contributed by atoms with Crippen LogP contribution >= 0.6 is 15.9 Å². The summed E-state index contributed by atoms with van der Waals surface area (Å²) in [5, 5.41) is 20.3. The van der Waals surface area contributed by atoms with Gasteiger partial charge in [0.25, 0.3) is 0 Å². The van der Waals surface area contributed by atoms with E-state index in [-0.39, 0.29) is 11.7 Å². The Labute approximate surface area is 105 Å². The molecule has 1 aromatic carbocycles. The van der Waals surface area contributed by atoms with Gasteiger partial charge >= 0.3 is 0 Å². The van der Waals surface area contributed by atoms with Crippen LogP contribution < -0.4 is 0 Å². The number of phenols is 1. The van der Waals surface area contributed by atoms with E-state index in [2.05, 4.69) is 15.9 Å². The minimum Gasteiger partial charge on any atom is -0.507 e. The van der Waals surface area contributed by atoms with Gasteiger partial charge < -0.3 is 10.2 Å². The Hall–Kier alpha value is -0.540. The van der Waals surface area contributed by atoms with E-state index in [0.717, 1.165) is 15.6 Å². The first-order valence-corrected chi connectivity index (χ1v) is 6.20. The van der Waals surface area contributed by atoms with Crippen LogP contribution in [-0.2, 0) is 5.60 Å². The van der Waals surface area contributed by atoms with Crippen molar-refractivity contribution < 1.29 is 10.2 Å². The van der Waals surface area contributed by atoms with Gasteiger partial charge in [0.1, 0.15) is 5.75 Å². The van der Waals surface area contributed by atoms with Gasteiger partial charge in [-0.2, -0.15) is 0 Å². The smallest absolute Gasteiger partial charge is 0.125 e. The van der Waals surface area contributed by atoms with Crippen LogP contribution in [0.2, 0.25) is 0 Å². The van der Waals surface area contributed by atoms with Crippen LogP contribution in [0, 0.1) is 6.92 Å². The molecule has 0 bridgehead atoms. The molecule has 0 fully saturated rings. The average molecular weight is 287 g/mol. The summed E-state index contributed by atoms with van der Waals surface area (Å²) in [4.78, 5) is 0. The molecule has 2 N–H and O–H groups in total. The SMILES string of the molecule is Cc1c(Br)cc(C(C)C)c(O)c1C(C)(C)O. The molecule has 0 heterocycles. The monoisotopic (exact) mass is 286 g/mol. The van der Waals surface area contributed by atoms with Crippen molar-refractivity contribution in [3.05, 3.63) is 27.2 Å². The molecule has 0 aromatic heterocycles. The molecule has 1 rings (SSSR count). The van der Waals surface area contributed by atoms with Gasteiger partial charge in [0.15, 0.2) is 0 Å².